The molecule has 8 heteroatoms. The minimum absolute atomic E-state index is 0.116. The van der Waals surface area contributed by atoms with Gasteiger partial charge in [-0.2, -0.15) is 5.26 Å². The molecule has 1 fully saturated rings. The normalized spacial score (nSPS) is 17.2. The summed E-state index contributed by atoms with van der Waals surface area (Å²) in [6, 6.07) is 27.6. The van der Waals surface area contributed by atoms with E-state index in [2.05, 4.69) is 16.4 Å². The molecule has 3 amide bonds. The van der Waals surface area contributed by atoms with Crippen LogP contribution in [0.25, 0.3) is 22.0 Å². The second-order valence-electron chi connectivity index (χ2n) is 11.3. The van der Waals surface area contributed by atoms with Crippen molar-refractivity contribution >= 4 is 34.3 Å². The Hall–Kier alpha value is -4.90. The number of nitriles is 1. The van der Waals surface area contributed by atoms with Crippen molar-refractivity contribution in [3.8, 4) is 17.2 Å². The van der Waals surface area contributed by atoms with Crippen LogP contribution < -0.4 is 5.32 Å². The fraction of sp³-hybridized carbons (Fsp3) is 0.294. The number of carbonyl (C=O) groups is 3. The summed E-state index contributed by atoms with van der Waals surface area (Å²) < 4.78 is 0. The molecule has 3 aromatic carbocycles. The average molecular weight is 562 g/mol. The lowest BCUT2D eigenvalue weighted by Crippen LogP contribution is -2.51. The maximum Gasteiger partial charge on any atom is 0.270 e. The Morgan fingerprint density at radius 3 is 2.36 bits per heavy atom. The van der Waals surface area contributed by atoms with E-state index in [9.17, 15) is 19.6 Å². The molecule has 2 N–H and O–H groups in total. The van der Waals surface area contributed by atoms with E-state index < -0.39 is 18.0 Å². The number of fused-ring (bicyclic) bond motifs is 1. The van der Waals surface area contributed by atoms with E-state index in [1.807, 2.05) is 80.6 Å². The van der Waals surface area contributed by atoms with Gasteiger partial charge in [0.15, 0.2) is 0 Å². The van der Waals surface area contributed by atoms with Crippen LogP contribution in [-0.2, 0) is 9.59 Å². The molecule has 3 atom stereocenters. The van der Waals surface area contributed by atoms with Gasteiger partial charge in [0.25, 0.3) is 5.91 Å². The van der Waals surface area contributed by atoms with Crippen molar-refractivity contribution in [3.05, 3.63) is 90.6 Å². The van der Waals surface area contributed by atoms with Gasteiger partial charge in [0.1, 0.15) is 17.8 Å². The van der Waals surface area contributed by atoms with Gasteiger partial charge in [0, 0.05) is 30.2 Å². The summed E-state index contributed by atoms with van der Waals surface area (Å²) in [5.41, 5.74) is 3.99. The van der Waals surface area contributed by atoms with Crippen molar-refractivity contribution in [2.24, 2.45) is 11.8 Å². The van der Waals surface area contributed by atoms with Crippen molar-refractivity contribution < 1.29 is 14.4 Å². The third-order valence-corrected chi connectivity index (χ3v) is 7.87. The number of likely N-dealkylation sites (tertiary alicyclic amines) is 1. The van der Waals surface area contributed by atoms with Gasteiger partial charge in [0.2, 0.25) is 11.8 Å². The number of benzene rings is 3. The first kappa shape index (κ1) is 28.6. The number of hydrogen-bond donors (Lipinski definition) is 2. The standard InChI is InChI=1S/C34H35N5O3/c1-22(2)16-31(34(42)39-21-26(17-28(39)20-35)32(40)36-27-12-8-5-9-13-27)38(3)33(41)30-19-25-15-14-24(18-29(25)37-30)23-10-6-4-7-11-23/h4-15,18-19,22,26,28,31,37H,16-17,21H2,1-3H3,(H,36,40). The zero-order valence-corrected chi connectivity index (χ0v) is 24.1. The van der Waals surface area contributed by atoms with Crippen LogP contribution in [-0.4, -0.2) is 58.2 Å². The fourth-order valence-corrected chi connectivity index (χ4v) is 5.60. The largest absolute Gasteiger partial charge is 0.351 e. The van der Waals surface area contributed by atoms with Crippen LogP contribution in [0.3, 0.4) is 0 Å². The predicted octanol–water partition coefficient (Wildman–Crippen LogP) is 5.70. The number of hydrogen-bond acceptors (Lipinski definition) is 4. The number of aromatic nitrogens is 1. The van der Waals surface area contributed by atoms with Gasteiger partial charge in [-0.05, 0) is 54.2 Å². The van der Waals surface area contributed by atoms with Crippen LogP contribution in [0.15, 0.2) is 84.9 Å². The van der Waals surface area contributed by atoms with Gasteiger partial charge in [-0.1, -0.05) is 74.5 Å². The number of nitrogens with zero attached hydrogens (tertiary/aromatic N) is 3. The molecule has 1 saturated heterocycles. The molecule has 1 aliphatic rings. The smallest absolute Gasteiger partial charge is 0.270 e. The second-order valence-corrected chi connectivity index (χ2v) is 11.3. The van der Waals surface area contributed by atoms with Gasteiger partial charge in [-0.3, -0.25) is 14.4 Å². The fourth-order valence-electron chi connectivity index (χ4n) is 5.60. The highest BCUT2D eigenvalue weighted by molar-refractivity contribution is 6.01. The van der Waals surface area contributed by atoms with Crippen molar-refractivity contribution in [1.29, 1.82) is 5.26 Å². The highest BCUT2D eigenvalue weighted by atomic mass is 16.2. The molecular formula is C34H35N5O3. The molecule has 0 radical (unpaired) electrons. The SMILES string of the molecule is CC(C)CC(C(=O)N1CC(C(=O)Nc2ccccc2)CC1C#N)N(C)C(=O)c1cc2ccc(-c3ccccc3)cc2[nH]1. The number of rotatable bonds is 8. The number of aromatic amines is 1. The highest BCUT2D eigenvalue weighted by Crippen LogP contribution is 2.29. The minimum atomic E-state index is -0.782. The molecule has 42 heavy (non-hydrogen) atoms. The number of amides is 3. The van der Waals surface area contributed by atoms with Crippen molar-refractivity contribution in [3.63, 3.8) is 0 Å². The molecule has 0 saturated carbocycles. The van der Waals surface area contributed by atoms with E-state index >= 15 is 0 Å². The first-order valence-electron chi connectivity index (χ1n) is 14.3. The zero-order chi connectivity index (χ0) is 29.8. The van der Waals surface area contributed by atoms with Crippen molar-refractivity contribution in [2.45, 2.75) is 38.8 Å². The van der Waals surface area contributed by atoms with Crippen LogP contribution in [0.5, 0.6) is 0 Å². The molecule has 1 aliphatic heterocycles. The quantitative estimate of drug-likeness (QED) is 0.288. The van der Waals surface area contributed by atoms with E-state index in [-0.39, 0.29) is 36.6 Å². The topological polar surface area (TPSA) is 109 Å². The Labute approximate surface area is 245 Å². The average Bonchev–Trinajstić information content (AvgIpc) is 3.64. The number of para-hydroxylation sites is 1. The number of anilines is 1. The summed E-state index contributed by atoms with van der Waals surface area (Å²) in [7, 11) is 1.63. The van der Waals surface area contributed by atoms with Gasteiger partial charge in [-0.15, -0.1) is 0 Å². The van der Waals surface area contributed by atoms with E-state index in [0.29, 0.717) is 17.8 Å². The summed E-state index contributed by atoms with van der Waals surface area (Å²) in [4.78, 5) is 46.9. The molecule has 8 nitrogen and oxygen atoms in total. The third kappa shape index (κ3) is 6.06. The van der Waals surface area contributed by atoms with Gasteiger partial charge in [-0.25, -0.2) is 0 Å². The Morgan fingerprint density at radius 2 is 1.69 bits per heavy atom. The number of carbonyl (C=O) groups excluding carboxylic acids is 3. The number of H-pyrrole nitrogens is 1. The van der Waals surface area contributed by atoms with E-state index in [1.165, 1.54) is 9.80 Å². The molecular weight excluding hydrogens is 526 g/mol. The summed E-state index contributed by atoms with van der Waals surface area (Å²) in [6.45, 7) is 4.12. The number of nitrogens with one attached hydrogen (secondary N) is 2. The van der Waals surface area contributed by atoms with Crippen LogP contribution in [0, 0.1) is 23.2 Å². The number of likely N-dealkylation sites (N-methyl/N-ethyl adjacent to an activating group) is 1. The first-order chi connectivity index (χ1) is 20.2. The molecule has 0 aliphatic carbocycles. The lowest BCUT2D eigenvalue weighted by molar-refractivity contribution is -0.136. The summed E-state index contributed by atoms with van der Waals surface area (Å²) in [6.07, 6.45) is 0.674. The van der Waals surface area contributed by atoms with Gasteiger partial charge >= 0.3 is 0 Å². The minimum Gasteiger partial charge on any atom is -0.351 e. The van der Waals surface area contributed by atoms with Crippen molar-refractivity contribution in [1.82, 2.24) is 14.8 Å². The van der Waals surface area contributed by atoms with Crippen LogP contribution in [0.4, 0.5) is 5.69 Å². The van der Waals surface area contributed by atoms with Gasteiger partial charge < -0.3 is 20.1 Å². The van der Waals surface area contributed by atoms with E-state index in [1.54, 1.807) is 25.2 Å². The summed E-state index contributed by atoms with van der Waals surface area (Å²) in [5.74, 6) is -1.26. The molecule has 0 spiro atoms. The Morgan fingerprint density at radius 1 is 1.00 bits per heavy atom. The lowest BCUT2D eigenvalue weighted by Gasteiger charge is -2.32. The summed E-state index contributed by atoms with van der Waals surface area (Å²) in [5, 5.41) is 13.7. The van der Waals surface area contributed by atoms with Crippen LogP contribution in [0.1, 0.15) is 37.2 Å². The third-order valence-electron chi connectivity index (χ3n) is 7.87. The zero-order valence-electron chi connectivity index (χ0n) is 24.1. The van der Waals surface area contributed by atoms with E-state index in [4.69, 9.17) is 0 Å². The Bertz CT molecular complexity index is 1620. The van der Waals surface area contributed by atoms with Crippen LogP contribution >= 0.6 is 0 Å². The molecule has 214 valence electrons. The monoisotopic (exact) mass is 561 g/mol. The molecule has 0 bridgehead atoms. The van der Waals surface area contributed by atoms with Crippen molar-refractivity contribution in [2.75, 3.05) is 18.9 Å². The Kier molecular flexibility index (Phi) is 8.39. The first-order valence-corrected chi connectivity index (χ1v) is 14.3. The summed E-state index contributed by atoms with van der Waals surface area (Å²) >= 11 is 0. The molecule has 5 rings (SSSR count). The van der Waals surface area contributed by atoms with E-state index in [0.717, 1.165) is 22.0 Å². The van der Waals surface area contributed by atoms with Gasteiger partial charge in [0.05, 0.1) is 12.0 Å². The molecule has 2 heterocycles. The molecule has 3 unspecified atom stereocenters. The maximum atomic E-state index is 14.0. The second kappa shape index (κ2) is 12.3. The molecule has 1 aromatic heterocycles. The predicted molar refractivity (Wildman–Crippen MR) is 163 cm³/mol. The highest BCUT2D eigenvalue weighted by Gasteiger charge is 2.42. The Balaban J connectivity index is 1.35. The lowest BCUT2D eigenvalue weighted by atomic mass is 10.0. The maximum absolute atomic E-state index is 14.0. The van der Waals surface area contributed by atoms with Crippen LogP contribution in [0.2, 0.25) is 0 Å². The molecule has 4 aromatic rings.